The number of hydrogen-bond donors (Lipinski definition) is 2. The van der Waals surface area contributed by atoms with E-state index in [2.05, 4.69) is 18.3 Å². The lowest BCUT2D eigenvalue weighted by Gasteiger charge is -2.17. The fourth-order valence-corrected chi connectivity index (χ4v) is 1.78. The van der Waals surface area contributed by atoms with E-state index < -0.39 is 0 Å². The van der Waals surface area contributed by atoms with Crippen LogP contribution in [0, 0.1) is 12.8 Å². The van der Waals surface area contributed by atoms with Gasteiger partial charge in [-0.05, 0) is 43.4 Å². The Bertz CT molecular complexity index is 352. The van der Waals surface area contributed by atoms with E-state index in [1.54, 1.807) is 0 Å². The van der Waals surface area contributed by atoms with Crippen molar-refractivity contribution in [2.45, 2.75) is 33.2 Å². The van der Waals surface area contributed by atoms with Gasteiger partial charge in [-0.25, -0.2) is 0 Å². The minimum Gasteiger partial charge on any atom is -0.399 e. The Hall–Kier alpha value is -1.09. The van der Waals surface area contributed by atoms with Crippen LogP contribution < -0.4 is 11.1 Å². The molecule has 0 amide bonds. The van der Waals surface area contributed by atoms with Crippen molar-refractivity contribution < 1.29 is 4.39 Å². The van der Waals surface area contributed by atoms with Crippen molar-refractivity contribution in [3.05, 3.63) is 29.3 Å². The highest BCUT2D eigenvalue weighted by molar-refractivity contribution is 5.50. The maximum absolute atomic E-state index is 12.3. The normalized spacial score (nSPS) is 14.6. The minimum atomic E-state index is -0.267. The van der Waals surface area contributed by atoms with Crippen molar-refractivity contribution in [3.63, 3.8) is 0 Å². The van der Waals surface area contributed by atoms with E-state index in [0.717, 1.165) is 24.2 Å². The third kappa shape index (κ3) is 4.35. The highest BCUT2D eigenvalue weighted by atomic mass is 19.1. The number of anilines is 1. The predicted molar refractivity (Wildman–Crippen MR) is 71.9 cm³/mol. The number of rotatable bonds is 6. The maximum Gasteiger partial charge on any atom is 0.0932 e. The van der Waals surface area contributed by atoms with E-state index in [4.69, 9.17) is 5.73 Å². The van der Waals surface area contributed by atoms with Crippen LogP contribution in [-0.2, 0) is 6.42 Å². The van der Waals surface area contributed by atoms with Gasteiger partial charge in [-0.3, -0.25) is 4.39 Å². The number of benzene rings is 1. The molecule has 0 unspecified atom stereocenters. The van der Waals surface area contributed by atoms with Crippen LogP contribution >= 0.6 is 0 Å². The number of halogens is 1. The Balaban J connectivity index is 2.50. The zero-order valence-electron chi connectivity index (χ0n) is 11.0. The lowest BCUT2D eigenvalue weighted by Crippen LogP contribution is -2.32. The predicted octanol–water partition coefficient (Wildman–Crippen LogP) is 2.70. The molecule has 1 aromatic rings. The summed E-state index contributed by atoms with van der Waals surface area (Å²) in [5.41, 5.74) is 9.12. The lowest BCUT2D eigenvalue weighted by molar-refractivity contribution is 0.355. The molecule has 0 bridgehead atoms. The smallest absolute Gasteiger partial charge is 0.0932 e. The number of nitrogen functional groups attached to an aromatic ring is 1. The monoisotopic (exact) mass is 238 g/mol. The van der Waals surface area contributed by atoms with Crippen LogP contribution in [0.5, 0.6) is 0 Å². The Labute approximate surface area is 103 Å². The summed E-state index contributed by atoms with van der Waals surface area (Å²) in [6.07, 6.45) is 0.926. The molecule has 0 saturated heterocycles. The summed E-state index contributed by atoms with van der Waals surface area (Å²) in [4.78, 5) is 0. The first-order valence-electron chi connectivity index (χ1n) is 6.18. The van der Waals surface area contributed by atoms with Crippen molar-refractivity contribution in [2.24, 2.45) is 5.92 Å². The van der Waals surface area contributed by atoms with E-state index >= 15 is 0 Å². The summed E-state index contributed by atoms with van der Waals surface area (Å²) < 4.78 is 12.3. The highest BCUT2D eigenvalue weighted by Gasteiger charge is 2.08. The van der Waals surface area contributed by atoms with Gasteiger partial charge in [0.25, 0.3) is 0 Å². The molecule has 0 aliphatic heterocycles. The fraction of sp³-hybridized carbons (Fsp3) is 0.571. The SMILES string of the molecule is Cc1c(N)cccc1C[C@@H](C)NC[C@H](C)CF. The van der Waals surface area contributed by atoms with Gasteiger partial charge in [0.2, 0.25) is 0 Å². The van der Waals surface area contributed by atoms with Crippen LogP contribution in [0.25, 0.3) is 0 Å². The molecule has 0 aliphatic rings. The summed E-state index contributed by atoms with van der Waals surface area (Å²) in [5, 5.41) is 3.35. The van der Waals surface area contributed by atoms with E-state index in [1.165, 1.54) is 5.56 Å². The molecule has 3 N–H and O–H groups in total. The van der Waals surface area contributed by atoms with E-state index in [9.17, 15) is 4.39 Å². The van der Waals surface area contributed by atoms with Gasteiger partial charge < -0.3 is 11.1 Å². The van der Waals surface area contributed by atoms with Gasteiger partial charge in [-0.15, -0.1) is 0 Å². The Morgan fingerprint density at radius 1 is 1.35 bits per heavy atom. The molecular weight excluding hydrogens is 215 g/mol. The van der Waals surface area contributed by atoms with Crippen LogP contribution in [-0.4, -0.2) is 19.3 Å². The quantitative estimate of drug-likeness (QED) is 0.748. The zero-order valence-corrected chi connectivity index (χ0v) is 11.0. The molecule has 0 heterocycles. The van der Waals surface area contributed by atoms with Crippen LogP contribution in [0.2, 0.25) is 0 Å². The standard InChI is InChI=1S/C14H23FN2/c1-10(8-15)9-17-11(2)7-13-5-4-6-14(16)12(13)3/h4-6,10-11,17H,7-9,16H2,1-3H3/t10-,11-/m1/s1. The maximum atomic E-state index is 12.3. The Morgan fingerprint density at radius 2 is 2.06 bits per heavy atom. The largest absolute Gasteiger partial charge is 0.399 e. The van der Waals surface area contributed by atoms with Crippen molar-refractivity contribution in [1.29, 1.82) is 0 Å². The molecule has 17 heavy (non-hydrogen) atoms. The second-order valence-electron chi connectivity index (χ2n) is 4.90. The summed E-state index contributed by atoms with van der Waals surface area (Å²) in [6, 6.07) is 6.34. The van der Waals surface area contributed by atoms with Gasteiger partial charge in [-0.2, -0.15) is 0 Å². The molecule has 0 aliphatic carbocycles. The average Bonchev–Trinajstić information content (AvgIpc) is 2.32. The van der Waals surface area contributed by atoms with Crippen molar-refractivity contribution in [3.8, 4) is 0 Å². The molecule has 0 fully saturated rings. The zero-order chi connectivity index (χ0) is 12.8. The summed E-state index contributed by atoms with van der Waals surface area (Å²) in [6.45, 7) is 6.52. The molecule has 0 aromatic heterocycles. The van der Waals surface area contributed by atoms with Gasteiger partial charge in [-0.1, -0.05) is 19.1 Å². The summed E-state index contributed by atoms with van der Waals surface area (Å²) in [7, 11) is 0. The van der Waals surface area contributed by atoms with Gasteiger partial charge in [0.1, 0.15) is 0 Å². The third-order valence-corrected chi connectivity index (χ3v) is 3.09. The van der Waals surface area contributed by atoms with Crippen molar-refractivity contribution in [1.82, 2.24) is 5.32 Å². The van der Waals surface area contributed by atoms with Gasteiger partial charge in [0.15, 0.2) is 0 Å². The molecule has 1 rings (SSSR count). The van der Waals surface area contributed by atoms with Gasteiger partial charge in [0.05, 0.1) is 6.67 Å². The Morgan fingerprint density at radius 3 is 2.71 bits per heavy atom. The molecule has 2 nitrogen and oxygen atoms in total. The fourth-order valence-electron chi connectivity index (χ4n) is 1.78. The first kappa shape index (κ1) is 14.0. The van der Waals surface area contributed by atoms with Gasteiger partial charge in [0, 0.05) is 18.3 Å². The molecule has 0 radical (unpaired) electrons. The van der Waals surface area contributed by atoms with Crippen LogP contribution in [0.3, 0.4) is 0 Å². The van der Waals surface area contributed by atoms with Crippen LogP contribution in [0.15, 0.2) is 18.2 Å². The number of nitrogens with two attached hydrogens (primary N) is 1. The van der Waals surface area contributed by atoms with Crippen LogP contribution in [0.4, 0.5) is 10.1 Å². The second-order valence-corrected chi connectivity index (χ2v) is 4.90. The van der Waals surface area contributed by atoms with Crippen molar-refractivity contribution in [2.75, 3.05) is 19.0 Å². The van der Waals surface area contributed by atoms with Crippen LogP contribution in [0.1, 0.15) is 25.0 Å². The van der Waals surface area contributed by atoms with Crippen molar-refractivity contribution >= 4 is 5.69 Å². The lowest BCUT2D eigenvalue weighted by atomic mass is 10.0. The molecule has 2 atom stereocenters. The highest BCUT2D eigenvalue weighted by Crippen LogP contribution is 2.17. The van der Waals surface area contributed by atoms with E-state index in [1.807, 2.05) is 26.0 Å². The molecule has 3 heteroatoms. The molecule has 0 spiro atoms. The third-order valence-electron chi connectivity index (χ3n) is 3.09. The summed E-state index contributed by atoms with van der Waals surface area (Å²) in [5.74, 6) is 0.0828. The summed E-state index contributed by atoms with van der Waals surface area (Å²) >= 11 is 0. The van der Waals surface area contributed by atoms with E-state index in [-0.39, 0.29) is 12.6 Å². The topological polar surface area (TPSA) is 38.0 Å². The average molecular weight is 238 g/mol. The minimum absolute atomic E-state index is 0.0828. The molecular formula is C14H23FN2. The first-order chi connectivity index (χ1) is 8.04. The molecule has 96 valence electrons. The van der Waals surface area contributed by atoms with E-state index in [0.29, 0.717) is 6.04 Å². The number of hydrogen-bond acceptors (Lipinski definition) is 2. The molecule has 0 saturated carbocycles. The number of nitrogens with one attached hydrogen (secondary N) is 1. The first-order valence-corrected chi connectivity index (χ1v) is 6.18. The Kier molecular flexibility index (Phi) is 5.42. The van der Waals surface area contributed by atoms with Gasteiger partial charge >= 0.3 is 0 Å². The molecule has 1 aromatic carbocycles. The number of alkyl halides is 1. The second kappa shape index (κ2) is 6.60.